The van der Waals surface area contributed by atoms with Crippen LogP contribution in [0.4, 0.5) is 10.1 Å². The number of amides is 1. The minimum absolute atomic E-state index is 0.174. The number of aromatic nitrogens is 1. The fraction of sp³-hybridized carbons (Fsp3) is 0.304. The van der Waals surface area contributed by atoms with Crippen LogP contribution < -0.4 is 5.32 Å². The third-order valence-corrected chi connectivity index (χ3v) is 7.81. The van der Waals surface area contributed by atoms with Gasteiger partial charge in [0.25, 0.3) is 0 Å². The van der Waals surface area contributed by atoms with Crippen LogP contribution in [-0.2, 0) is 20.9 Å². The number of hydrogen-bond donors (Lipinski definition) is 3. The van der Waals surface area contributed by atoms with Crippen LogP contribution in [0.25, 0.3) is 11.3 Å². The molecule has 0 atom stereocenters. The average Bonchev–Trinajstić information content (AvgIpc) is 3.23. The highest BCUT2D eigenvalue weighted by atomic mass is 31.2. The minimum atomic E-state index is -4.37. The second-order valence-corrected chi connectivity index (χ2v) is 9.54. The predicted octanol–water partition coefficient (Wildman–Crippen LogP) is 5.25. The number of nitrogens with zero attached hydrogens (tertiary/aromatic N) is 1. The molecule has 3 N–H and O–H groups in total. The third-order valence-electron chi connectivity index (χ3n) is 5.81. The molecule has 0 spiro atoms. The highest BCUT2D eigenvalue weighted by Crippen LogP contribution is 2.60. The van der Waals surface area contributed by atoms with Gasteiger partial charge in [0.05, 0.1) is 11.4 Å². The molecule has 2 aromatic carbocycles. The summed E-state index contributed by atoms with van der Waals surface area (Å²) in [4.78, 5) is 32.2. The zero-order valence-corrected chi connectivity index (χ0v) is 18.8. The molecule has 0 fully saturated rings. The first-order valence-electron chi connectivity index (χ1n) is 10.4. The molecule has 0 unspecified atom stereocenters. The van der Waals surface area contributed by atoms with E-state index in [1.165, 1.54) is 18.3 Å². The number of carbonyl (C=O) groups is 1. The molecule has 1 aromatic heterocycles. The Bertz CT molecular complexity index is 1100. The van der Waals surface area contributed by atoms with E-state index in [0.717, 1.165) is 5.56 Å². The SMILES string of the molecule is CCC(CC)(c1ccc(NC(=O)CCc2cnoc2-c2ccc(F)cc2)cc1)P(=O)(O)O. The molecule has 0 saturated carbocycles. The van der Waals surface area contributed by atoms with Gasteiger partial charge in [-0.05, 0) is 61.2 Å². The van der Waals surface area contributed by atoms with Crippen molar-refractivity contribution in [2.75, 3.05) is 5.32 Å². The second-order valence-electron chi connectivity index (χ2n) is 7.60. The molecule has 0 radical (unpaired) electrons. The lowest BCUT2D eigenvalue weighted by molar-refractivity contribution is -0.116. The maximum absolute atomic E-state index is 13.1. The van der Waals surface area contributed by atoms with Crippen molar-refractivity contribution in [2.45, 2.75) is 44.7 Å². The van der Waals surface area contributed by atoms with Crippen molar-refractivity contribution in [3.63, 3.8) is 0 Å². The predicted molar refractivity (Wildman–Crippen MR) is 120 cm³/mol. The van der Waals surface area contributed by atoms with Gasteiger partial charge in [0.1, 0.15) is 5.82 Å². The summed E-state index contributed by atoms with van der Waals surface area (Å²) in [7, 11) is -4.37. The Morgan fingerprint density at radius 2 is 1.72 bits per heavy atom. The van der Waals surface area contributed by atoms with Gasteiger partial charge in [-0.1, -0.05) is 31.1 Å². The summed E-state index contributed by atoms with van der Waals surface area (Å²) in [5.74, 6) is -0.0811. The summed E-state index contributed by atoms with van der Waals surface area (Å²) < 4.78 is 30.5. The lowest BCUT2D eigenvalue weighted by Gasteiger charge is -2.33. The topological polar surface area (TPSA) is 113 Å². The van der Waals surface area contributed by atoms with Gasteiger partial charge in [0.2, 0.25) is 5.91 Å². The van der Waals surface area contributed by atoms with Crippen LogP contribution in [0.1, 0.15) is 44.2 Å². The third kappa shape index (κ3) is 4.99. The van der Waals surface area contributed by atoms with Crippen molar-refractivity contribution in [1.29, 1.82) is 0 Å². The van der Waals surface area contributed by atoms with E-state index in [4.69, 9.17) is 4.52 Å². The lowest BCUT2D eigenvalue weighted by Crippen LogP contribution is -2.24. The molecule has 3 rings (SSSR count). The van der Waals surface area contributed by atoms with Gasteiger partial charge in [-0.25, -0.2) is 4.39 Å². The molecular weight excluding hydrogens is 434 g/mol. The number of hydrogen-bond acceptors (Lipinski definition) is 4. The van der Waals surface area contributed by atoms with Crippen molar-refractivity contribution in [3.8, 4) is 11.3 Å². The molecule has 1 amide bonds. The van der Waals surface area contributed by atoms with Gasteiger partial charge in [0, 0.05) is 23.2 Å². The van der Waals surface area contributed by atoms with Gasteiger partial charge in [-0.3, -0.25) is 9.36 Å². The first-order chi connectivity index (χ1) is 15.2. The van der Waals surface area contributed by atoms with E-state index in [1.807, 2.05) is 0 Å². The van der Waals surface area contributed by atoms with Gasteiger partial charge >= 0.3 is 7.60 Å². The van der Waals surface area contributed by atoms with E-state index in [9.17, 15) is 23.5 Å². The van der Waals surface area contributed by atoms with E-state index in [-0.39, 0.29) is 18.1 Å². The first-order valence-corrected chi connectivity index (χ1v) is 12.0. The Hall–Kier alpha value is -2.80. The summed E-state index contributed by atoms with van der Waals surface area (Å²) in [6.07, 6.45) is 2.70. The molecule has 7 nitrogen and oxygen atoms in total. The summed E-state index contributed by atoms with van der Waals surface area (Å²) in [6.45, 7) is 3.51. The number of carbonyl (C=O) groups excluding carboxylic acids is 1. The first kappa shape index (κ1) is 23.9. The highest BCUT2D eigenvalue weighted by Gasteiger charge is 2.45. The van der Waals surface area contributed by atoms with Crippen molar-refractivity contribution >= 4 is 19.2 Å². The van der Waals surface area contributed by atoms with Gasteiger partial charge < -0.3 is 19.6 Å². The lowest BCUT2D eigenvalue weighted by atomic mass is 9.92. The van der Waals surface area contributed by atoms with Crippen LogP contribution in [0, 0.1) is 5.82 Å². The molecular formula is C23H26FN2O5P. The molecule has 32 heavy (non-hydrogen) atoms. The van der Waals surface area contributed by atoms with Gasteiger partial charge in [-0.2, -0.15) is 0 Å². The number of benzene rings is 2. The second kappa shape index (κ2) is 9.77. The zero-order valence-electron chi connectivity index (χ0n) is 17.9. The van der Waals surface area contributed by atoms with E-state index in [0.29, 0.717) is 41.8 Å². The summed E-state index contributed by atoms with van der Waals surface area (Å²) in [5.41, 5.74) is 2.49. The zero-order chi connectivity index (χ0) is 23.4. The Morgan fingerprint density at radius 1 is 1.09 bits per heavy atom. The largest absolute Gasteiger partial charge is 0.356 e. The van der Waals surface area contributed by atoms with Gasteiger partial charge in [-0.15, -0.1) is 0 Å². The van der Waals surface area contributed by atoms with Crippen molar-refractivity contribution in [1.82, 2.24) is 5.16 Å². The number of anilines is 1. The summed E-state index contributed by atoms with van der Waals surface area (Å²) in [6, 6.07) is 12.4. The van der Waals surface area contributed by atoms with E-state index in [1.54, 1.807) is 50.2 Å². The van der Waals surface area contributed by atoms with Crippen molar-refractivity contribution in [2.24, 2.45) is 0 Å². The quantitative estimate of drug-likeness (QED) is 0.376. The fourth-order valence-electron chi connectivity index (χ4n) is 3.85. The number of rotatable bonds is 9. The molecule has 3 aromatic rings. The van der Waals surface area contributed by atoms with Crippen LogP contribution in [0.5, 0.6) is 0 Å². The molecule has 1 heterocycles. The van der Waals surface area contributed by atoms with E-state index >= 15 is 0 Å². The van der Waals surface area contributed by atoms with E-state index in [2.05, 4.69) is 10.5 Å². The Morgan fingerprint density at radius 3 is 2.28 bits per heavy atom. The Kier molecular flexibility index (Phi) is 7.29. The number of halogens is 1. The van der Waals surface area contributed by atoms with Crippen LogP contribution >= 0.6 is 7.60 Å². The standard InChI is InChI=1S/C23H26FN2O5P/c1-3-23(4-2,32(28,29)30)18-8-12-20(13-9-18)26-21(27)14-7-17-15-25-31-22(17)16-5-10-19(24)11-6-16/h5-6,8-13,15H,3-4,7,14H2,1-2H3,(H,26,27)(H2,28,29,30). The van der Waals surface area contributed by atoms with Crippen LogP contribution in [-0.4, -0.2) is 20.9 Å². The Balaban J connectivity index is 1.65. The molecule has 0 aliphatic carbocycles. The maximum atomic E-state index is 13.1. The monoisotopic (exact) mass is 460 g/mol. The van der Waals surface area contributed by atoms with E-state index < -0.39 is 12.8 Å². The van der Waals surface area contributed by atoms with Crippen molar-refractivity contribution < 1.29 is 28.1 Å². The molecule has 0 aliphatic rings. The van der Waals surface area contributed by atoms with Crippen molar-refractivity contribution in [3.05, 3.63) is 71.7 Å². The molecule has 9 heteroatoms. The average molecular weight is 460 g/mol. The normalized spacial score (nSPS) is 12.0. The van der Waals surface area contributed by atoms with Crippen LogP contribution in [0.15, 0.2) is 59.3 Å². The molecule has 0 bridgehead atoms. The minimum Gasteiger partial charge on any atom is -0.356 e. The molecule has 170 valence electrons. The highest BCUT2D eigenvalue weighted by molar-refractivity contribution is 7.53. The molecule has 0 saturated heterocycles. The fourth-order valence-corrected chi connectivity index (χ4v) is 5.16. The van der Waals surface area contributed by atoms with Crippen LogP contribution in [0.2, 0.25) is 0 Å². The summed E-state index contributed by atoms with van der Waals surface area (Å²) in [5, 5.41) is 5.34. The van der Waals surface area contributed by atoms with Crippen LogP contribution in [0.3, 0.4) is 0 Å². The smallest absolute Gasteiger partial charge is 0.335 e. The molecule has 0 aliphatic heterocycles. The number of aryl methyl sites for hydroxylation is 1. The summed E-state index contributed by atoms with van der Waals surface area (Å²) >= 11 is 0. The number of nitrogens with one attached hydrogen (secondary N) is 1. The Labute approximate surface area is 185 Å². The van der Waals surface area contributed by atoms with Gasteiger partial charge in [0.15, 0.2) is 5.76 Å². The maximum Gasteiger partial charge on any atom is 0.335 e.